The van der Waals surface area contributed by atoms with E-state index >= 15 is 0 Å². The minimum Gasteiger partial charge on any atom is -0.496 e. The zero-order valence-corrected chi connectivity index (χ0v) is 18.6. The third-order valence-electron chi connectivity index (χ3n) is 4.76. The van der Waals surface area contributed by atoms with Gasteiger partial charge in [0.05, 0.1) is 37.7 Å². The summed E-state index contributed by atoms with van der Waals surface area (Å²) in [6.07, 6.45) is 5.15. The number of nitrogen functional groups attached to an aromatic ring is 1. The summed E-state index contributed by atoms with van der Waals surface area (Å²) in [5.74, 6) is 0.389. The highest BCUT2D eigenvalue weighted by atomic mass is 35.5. The largest absolute Gasteiger partial charge is 0.496 e. The van der Waals surface area contributed by atoms with Crippen LogP contribution in [-0.2, 0) is 21.8 Å². The molecular weight excluding hydrogens is 445 g/mol. The lowest BCUT2D eigenvalue weighted by molar-refractivity contribution is -0.184. The molecule has 1 aliphatic heterocycles. The van der Waals surface area contributed by atoms with E-state index < -0.39 is 5.79 Å². The fraction of sp³-hybridized carbons (Fsp3) is 0.286. The first-order valence-corrected chi connectivity index (χ1v) is 11.0. The van der Waals surface area contributed by atoms with Crippen molar-refractivity contribution in [2.24, 2.45) is 0 Å². The first kappa shape index (κ1) is 21.3. The highest BCUT2D eigenvalue weighted by Gasteiger charge is 2.45. The number of thioether (sulfide) groups is 1. The number of halogens is 2. The van der Waals surface area contributed by atoms with Crippen LogP contribution in [0.25, 0.3) is 0 Å². The molecule has 6 nitrogen and oxygen atoms in total. The molecule has 9 heteroatoms. The fourth-order valence-corrected chi connectivity index (χ4v) is 4.89. The van der Waals surface area contributed by atoms with Crippen molar-refractivity contribution in [3.63, 3.8) is 0 Å². The third kappa shape index (κ3) is 4.55. The van der Waals surface area contributed by atoms with Gasteiger partial charge in [0, 0.05) is 45.4 Å². The van der Waals surface area contributed by atoms with E-state index in [2.05, 4.69) is 4.98 Å². The van der Waals surface area contributed by atoms with Crippen LogP contribution in [0.1, 0.15) is 5.56 Å². The molecule has 2 N–H and O–H groups in total. The number of methoxy groups -OCH3 is 1. The quantitative estimate of drug-likeness (QED) is 0.397. The summed E-state index contributed by atoms with van der Waals surface area (Å²) < 4.78 is 20.0. The van der Waals surface area contributed by atoms with E-state index in [0.717, 1.165) is 16.2 Å². The second kappa shape index (κ2) is 9.08. The van der Waals surface area contributed by atoms with Crippen LogP contribution in [0.15, 0.2) is 60.0 Å². The maximum Gasteiger partial charge on any atom is 0.215 e. The van der Waals surface area contributed by atoms with Crippen molar-refractivity contribution in [2.75, 3.05) is 25.2 Å². The van der Waals surface area contributed by atoms with Crippen LogP contribution in [0.3, 0.4) is 0 Å². The molecule has 0 radical (unpaired) electrons. The van der Waals surface area contributed by atoms with Crippen molar-refractivity contribution in [3.8, 4) is 5.75 Å². The molecule has 30 heavy (non-hydrogen) atoms. The monoisotopic (exact) mass is 465 g/mol. The molecule has 0 saturated carbocycles. The van der Waals surface area contributed by atoms with E-state index in [-0.39, 0.29) is 6.10 Å². The van der Waals surface area contributed by atoms with E-state index in [9.17, 15) is 0 Å². The number of nitrogens with two attached hydrogens (primary N) is 1. The number of nitrogens with zero attached hydrogens (tertiary/aromatic N) is 2. The SMILES string of the molecule is COc1cc(N)ccc1SCC1COC(Cn2ccnc2)(c2ccc(Cl)cc2Cl)O1. The van der Waals surface area contributed by atoms with Crippen LogP contribution in [0.5, 0.6) is 5.75 Å². The van der Waals surface area contributed by atoms with Crippen molar-refractivity contribution in [1.29, 1.82) is 0 Å². The molecule has 2 aromatic carbocycles. The van der Waals surface area contributed by atoms with Gasteiger partial charge in [0.2, 0.25) is 5.79 Å². The smallest absolute Gasteiger partial charge is 0.215 e. The van der Waals surface area contributed by atoms with Gasteiger partial charge in [0.25, 0.3) is 0 Å². The van der Waals surface area contributed by atoms with Gasteiger partial charge in [-0.3, -0.25) is 0 Å². The summed E-state index contributed by atoms with van der Waals surface area (Å²) in [6.45, 7) is 0.846. The summed E-state index contributed by atoms with van der Waals surface area (Å²) in [6, 6.07) is 10.9. The second-order valence-corrected chi connectivity index (χ2v) is 8.79. The maximum atomic E-state index is 6.51. The molecule has 2 heterocycles. The Morgan fingerprint density at radius 1 is 1.30 bits per heavy atom. The van der Waals surface area contributed by atoms with Crippen LogP contribution in [0.4, 0.5) is 5.69 Å². The zero-order chi connectivity index (χ0) is 21.1. The van der Waals surface area contributed by atoms with Crippen LogP contribution in [0, 0.1) is 0 Å². The van der Waals surface area contributed by atoms with Crippen molar-refractivity contribution in [1.82, 2.24) is 9.55 Å². The lowest BCUT2D eigenvalue weighted by Crippen LogP contribution is -2.34. The second-order valence-electron chi connectivity index (χ2n) is 6.88. The van der Waals surface area contributed by atoms with Gasteiger partial charge in [-0.25, -0.2) is 4.98 Å². The molecule has 0 spiro atoms. The number of anilines is 1. The van der Waals surface area contributed by atoms with Gasteiger partial charge in [-0.15, -0.1) is 11.8 Å². The molecule has 0 amide bonds. The average molecular weight is 466 g/mol. The third-order valence-corrected chi connectivity index (χ3v) is 6.50. The van der Waals surface area contributed by atoms with Crippen molar-refractivity contribution in [3.05, 3.63) is 70.7 Å². The summed E-state index contributed by atoms with van der Waals surface area (Å²) in [5, 5.41) is 1.05. The molecular formula is C21H21Cl2N3O3S. The number of rotatable bonds is 7. The van der Waals surface area contributed by atoms with Crippen molar-refractivity contribution < 1.29 is 14.2 Å². The first-order valence-electron chi connectivity index (χ1n) is 9.28. The number of hydrogen-bond donors (Lipinski definition) is 1. The van der Waals surface area contributed by atoms with E-state index in [4.69, 9.17) is 43.1 Å². The predicted molar refractivity (Wildman–Crippen MR) is 119 cm³/mol. The lowest BCUT2D eigenvalue weighted by atomic mass is 10.1. The molecule has 3 aromatic rings. The van der Waals surface area contributed by atoms with Crippen LogP contribution < -0.4 is 10.5 Å². The van der Waals surface area contributed by atoms with E-state index in [1.165, 1.54) is 0 Å². The molecule has 2 unspecified atom stereocenters. The lowest BCUT2D eigenvalue weighted by Gasteiger charge is -2.30. The predicted octanol–water partition coefficient (Wildman–Crippen LogP) is 4.84. The maximum absolute atomic E-state index is 6.51. The molecule has 1 aliphatic rings. The van der Waals surface area contributed by atoms with Gasteiger partial charge in [-0.2, -0.15) is 0 Å². The van der Waals surface area contributed by atoms with Gasteiger partial charge >= 0.3 is 0 Å². The highest BCUT2D eigenvalue weighted by Crippen LogP contribution is 2.42. The zero-order valence-electron chi connectivity index (χ0n) is 16.3. The Bertz CT molecular complexity index is 1020. The molecule has 0 aliphatic carbocycles. The number of ether oxygens (including phenoxy) is 3. The Balaban J connectivity index is 1.54. The Labute approximate surface area is 189 Å². The molecule has 4 rings (SSSR count). The summed E-state index contributed by atoms with van der Waals surface area (Å²) in [5.41, 5.74) is 7.24. The number of imidazole rings is 1. The molecule has 1 fully saturated rings. The van der Waals surface area contributed by atoms with E-state index in [1.807, 2.05) is 35.0 Å². The van der Waals surface area contributed by atoms with Gasteiger partial charge in [0.15, 0.2) is 0 Å². The Hall–Kier alpha value is -1.90. The van der Waals surface area contributed by atoms with Crippen LogP contribution in [-0.4, -0.2) is 35.1 Å². The van der Waals surface area contributed by atoms with E-state index in [0.29, 0.717) is 34.6 Å². The summed E-state index contributed by atoms with van der Waals surface area (Å²) >= 11 is 14.2. The minimum absolute atomic E-state index is 0.146. The van der Waals surface area contributed by atoms with Crippen LogP contribution >= 0.6 is 35.0 Å². The van der Waals surface area contributed by atoms with Gasteiger partial charge in [-0.05, 0) is 24.3 Å². The normalized spacial score (nSPS) is 21.1. The average Bonchev–Trinajstić information content (AvgIpc) is 3.37. The van der Waals surface area contributed by atoms with Crippen molar-refractivity contribution in [2.45, 2.75) is 23.3 Å². The Kier molecular flexibility index (Phi) is 6.46. The fourth-order valence-electron chi connectivity index (χ4n) is 3.36. The van der Waals surface area contributed by atoms with E-state index in [1.54, 1.807) is 43.5 Å². The number of benzene rings is 2. The highest BCUT2D eigenvalue weighted by molar-refractivity contribution is 7.99. The molecule has 158 valence electrons. The number of aromatic nitrogens is 2. The number of hydrogen-bond acceptors (Lipinski definition) is 6. The van der Waals surface area contributed by atoms with Gasteiger partial charge in [-0.1, -0.05) is 29.3 Å². The van der Waals surface area contributed by atoms with Gasteiger partial charge in [0.1, 0.15) is 5.75 Å². The first-order chi connectivity index (χ1) is 14.5. The molecule has 2 atom stereocenters. The molecule has 1 saturated heterocycles. The van der Waals surface area contributed by atoms with Crippen molar-refractivity contribution >= 4 is 40.7 Å². The molecule has 0 bridgehead atoms. The summed E-state index contributed by atoms with van der Waals surface area (Å²) in [7, 11) is 1.63. The minimum atomic E-state index is -1.03. The topological polar surface area (TPSA) is 71.5 Å². The standard InChI is InChI=1S/C21H21Cl2N3O3S/c1-27-19-9-15(24)3-5-20(19)30-11-16-10-28-21(29-16,12-26-7-6-25-13-26)17-4-2-14(22)8-18(17)23/h2-9,13,16H,10-12,24H2,1H3. The van der Waals surface area contributed by atoms with Gasteiger partial charge < -0.3 is 24.5 Å². The van der Waals surface area contributed by atoms with Crippen LogP contribution in [0.2, 0.25) is 10.0 Å². The molecule has 1 aromatic heterocycles. The Morgan fingerprint density at radius 2 is 2.17 bits per heavy atom. The Morgan fingerprint density at radius 3 is 2.90 bits per heavy atom. The summed E-state index contributed by atoms with van der Waals surface area (Å²) in [4.78, 5) is 5.11.